The first-order valence-corrected chi connectivity index (χ1v) is 7.40. The van der Waals surface area contributed by atoms with Crippen molar-refractivity contribution < 1.29 is 4.79 Å². The van der Waals surface area contributed by atoms with Crippen LogP contribution in [0.2, 0.25) is 0 Å². The first-order chi connectivity index (χ1) is 10.2. The van der Waals surface area contributed by atoms with Crippen LogP contribution < -0.4 is 11.1 Å². The fourth-order valence-electron chi connectivity index (χ4n) is 3.04. The molecule has 3 nitrogen and oxygen atoms in total. The molecule has 1 aliphatic rings. The van der Waals surface area contributed by atoms with Gasteiger partial charge < -0.3 is 11.1 Å². The standard InChI is InChI=1S/C18H20N2O/c1-12-14(9-5-10-16(12)19)18(21)20-17-11-4-7-13-6-2-3-8-15(13)17/h2-3,5-6,8-10,17H,4,7,11,19H2,1H3,(H,20,21). The smallest absolute Gasteiger partial charge is 0.252 e. The van der Waals surface area contributed by atoms with E-state index in [1.807, 2.05) is 31.2 Å². The minimum Gasteiger partial charge on any atom is -0.398 e. The molecular formula is C18H20N2O. The second-order valence-corrected chi connectivity index (χ2v) is 5.64. The predicted molar refractivity (Wildman–Crippen MR) is 85.2 cm³/mol. The number of hydrogen-bond donors (Lipinski definition) is 2. The molecule has 0 aliphatic heterocycles. The number of aryl methyl sites for hydroxylation is 1. The van der Waals surface area contributed by atoms with E-state index in [0.29, 0.717) is 11.3 Å². The van der Waals surface area contributed by atoms with Gasteiger partial charge in [0.05, 0.1) is 6.04 Å². The van der Waals surface area contributed by atoms with E-state index >= 15 is 0 Å². The van der Waals surface area contributed by atoms with E-state index in [-0.39, 0.29) is 11.9 Å². The Morgan fingerprint density at radius 3 is 2.86 bits per heavy atom. The van der Waals surface area contributed by atoms with Crippen molar-refractivity contribution in [2.45, 2.75) is 32.2 Å². The number of amides is 1. The van der Waals surface area contributed by atoms with Gasteiger partial charge in [-0.3, -0.25) is 4.79 Å². The lowest BCUT2D eigenvalue weighted by Gasteiger charge is -2.26. The van der Waals surface area contributed by atoms with Gasteiger partial charge in [0, 0.05) is 11.3 Å². The van der Waals surface area contributed by atoms with Gasteiger partial charge >= 0.3 is 0 Å². The Labute approximate surface area is 125 Å². The molecule has 0 heterocycles. The maximum absolute atomic E-state index is 12.5. The molecule has 3 heteroatoms. The minimum absolute atomic E-state index is 0.0403. The highest BCUT2D eigenvalue weighted by molar-refractivity contribution is 5.97. The highest BCUT2D eigenvalue weighted by Crippen LogP contribution is 2.30. The van der Waals surface area contributed by atoms with Crippen molar-refractivity contribution in [1.82, 2.24) is 5.32 Å². The van der Waals surface area contributed by atoms with Crippen molar-refractivity contribution in [1.29, 1.82) is 0 Å². The molecular weight excluding hydrogens is 260 g/mol. The Morgan fingerprint density at radius 2 is 2.00 bits per heavy atom. The van der Waals surface area contributed by atoms with Crippen molar-refractivity contribution in [2.24, 2.45) is 0 Å². The van der Waals surface area contributed by atoms with Gasteiger partial charge in [0.15, 0.2) is 0 Å². The number of benzene rings is 2. The number of anilines is 1. The summed E-state index contributed by atoms with van der Waals surface area (Å²) >= 11 is 0. The maximum Gasteiger partial charge on any atom is 0.252 e. The highest BCUT2D eigenvalue weighted by Gasteiger charge is 2.22. The number of nitrogens with two attached hydrogens (primary N) is 1. The summed E-state index contributed by atoms with van der Waals surface area (Å²) < 4.78 is 0. The Bertz CT molecular complexity index is 679. The van der Waals surface area contributed by atoms with E-state index in [1.54, 1.807) is 0 Å². The summed E-state index contributed by atoms with van der Waals surface area (Å²) in [4.78, 5) is 12.5. The van der Waals surface area contributed by atoms with Crippen LogP contribution in [-0.4, -0.2) is 5.91 Å². The van der Waals surface area contributed by atoms with Crippen molar-refractivity contribution in [3.05, 3.63) is 64.7 Å². The quantitative estimate of drug-likeness (QED) is 0.829. The van der Waals surface area contributed by atoms with Crippen LogP contribution in [0.3, 0.4) is 0 Å². The topological polar surface area (TPSA) is 55.1 Å². The van der Waals surface area contributed by atoms with Gasteiger partial charge in [-0.15, -0.1) is 0 Å². The normalized spacial score (nSPS) is 17.1. The van der Waals surface area contributed by atoms with E-state index < -0.39 is 0 Å². The fourth-order valence-corrected chi connectivity index (χ4v) is 3.04. The number of fused-ring (bicyclic) bond motifs is 1. The zero-order chi connectivity index (χ0) is 14.8. The summed E-state index contributed by atoms with van der Waals surface area (Å²) in [7, 11) is 0. The van der Waals surface area contributed by atoms with E-state index in [4.69, 9.17) is 5.73 Å². The van der Waals surface area contributed by atoms with Crippen molar-refractivity contribution in [2.75, 3.05) is 5.73 Å². The maximum atomic E-state index is 12.5. The lowest BCUT2D eigenvalue weighted by Crippen LogP contribution is -2.31. The first-order valence-electron chi connectivity index (χ1n) is 7.40. The molecule has 1 atom stereocenters. The van der Waals surface area contributed by atoms with E-state index in [0.717, 1.165) is 24.8 Å². The summed E-state index contributed by atoms with van der Waals surface area (Å²) in [5.74, 6) is -0.0403. The van der Waals surface area contributed by atoms with Gasteiger partial charge in [-0.25, -0.2) is 0 Å². The van der Waals surface area contributed by atoms with Crippen molar-refractivity contribution >= 4 is 11.6 Å². The second-order valence-electron chi connectivity index (χ2n) is 5.64. The van der Waals surface area contributed by atoms with Gasteiger partial charge in [0.2, 0.25) is 0 Å². The van der Waals surface area contributed by atoms with Crippen LogP contribution in [0.1, 0.15) is 45.9 Å². The monoisotopic (exact) mass is 280 g/mol. The number of nitrogens with one attached hydrogen (secondary N) is 1. The van der Waals surface area contributed by atoms with Crippen LogP contribution in [-0.2, 0) is 6.42 Å². The van der Waals surface area contributed by atoms with Crippen molar-refractivity contribution in [3.63, 3.8) is 0 Å². The molecule has 2 aromatic rings. The number of rotatable bonds is 2. The molecule has 1 amide bonds. The molecule has 0 fully saturated rings. The lowest BCUT2D eigenvalue weighted by atomic mass is 9.87. The molecule has 0 spiro atoms. The molecule has 1 unspecified atom stereocenters. The first kappa shape index (κ1) is 13.7. The molecule has 0 saturated carbocycles. The highest BCUT2D eigenvalue weighted by atomic mass is 16.1. The molecule has 3 N–H and O–H groups in total. The molecule has 0 aromatic heterocycles. The third-order valence-corrected chi connectivity index (χ3v) is 4.30. The third kappa shape index (κ3) is 2.64. The fraction of sp³-hybridized carbons (Fsp3) is 0.278. The molecule has 0 radical (unpaired) electrons. The average Bonchev–Trinajstić information content (AvgIpc) is 2.50. The van der Waals surface area contributed by atoms with Crippen molar-refractivity contribution in [3.8, 4) is 0 Å². The molecule has 1 aliphatic carbocycles. The van der Waals surface area contributed by atoms with E-state index in [1.165, 1.54) is 11.1 Å². The zero-order valence-corrected chi connectivity index (χ0v) is 12.2. The number of hydrogen-bond acceptors (Lipinski definition) is 2. The molecule has 108 valence electrons. The van der Waals surface area contributed by atoms with E-state index in [9.17, 15) is 4.79 Å². The van der Waals surface area contributed by atoms with Gasteiger partial charge in [0.25, 0.3) is 5.91 Å². The summed E-state index contributed by atoms with van der Waals surface area (Å²) in [6.07, 6.45) is 3.20. The summed E-state index contributed by atoms with van der Waals surface area (Å²) in [5, 5.41) is 3.16. The van der Waals surface area contributed by atoms with Gasteiger partial charge in [0.1, 0.15) is 0 Å². The molecule has 0 saturated heterocycles. The molecule has 2 aromatic carbocycles. The average molecular weight is 280 g/mol. The number of nitrogen functional groups attached to an aromatic ring is 1. The third-order valence-electron chi connectivity index (χ3n) is 4.30. The molecule has 21 heavy (non-hydrogen) atoms. The zero-order valence-electron chi connectivity index (χ0n) is 12.2. The Balaban J connectivity index is 1.85. The van der Waals surface area contributed by atoms with Crippen LogP contribution >= 0.6 is 0 Å². The summed E-state index contributed by atoms with van der Waals surface area (Å²) in [6, 6.07) is 13.9. The van der Waals surface area contributed by atoms with Crippen LogP contribution in [0, 0.1) is 6.92 Å². The number of carbonyl (C=O) groups is 1. The van der Waals surface area contributed by atoms with Crippen LogP contribution in [0.4, 0.5) is 5.69 Å². The second kappa shape index (κ2) is 5.60. The largest absolute Gasteiger partial charge is 0.398 e. The van der Waals surface area contributed by atoms with Gasteiger partial charge in [-0.1, -0.05) is 30.3 Å². The summed E-state index contributed by atoms with van der Waals surface area (Å²) in [5.41, 5.74) is 10.7. The minimum atomic E-state index is -0.0403. The van der Waals surface area contributed by atoms with Crippen LogP contribution in [0.25, 0.3) is 0 Å². The van der Waals surface area contributed by atoms with Gasteiger partial charge in [-0.05, 0) is 55.0 Å². The van der Waals surface area contributed by atoms with E-state index in [2.05, 4.69) is 23.5 Å². The Morgan fingerprint density at radius 1 is 1.19 bits per heavy atom. The molecule has 3 rings (SSSR count). The lowest BCUT2D eigenvalue weighted by molar-refractivity contribution is 0.0932. The number of carbonyl (C=O) groups excluding carboxylic acids is 1. The van der Waals surface area contributed by atoms with Crippen LogP contribution in [0.15, 0.2) is 42.5 Å². The Kier molecular flexibility index (Phi) is 3.65. The Hall–Kier alpha value is -2.29. The van der Waals surface area contributed by atoms with Crippen LogP contribution in [0.5, 0.6) is 0 Å². The molecule has 0 bridgehead atoms. The summed E-state index contributed by atoms with van der Waals surface area (Å²) in [6.45, 7) is 1.89. The predicted octanol–water partition coefficient (Wildman–Crippen LogP) is 3.38. The SMILES string of the molecule is Cc1c(N)cccc1C(=O)NC1CCCc2ccccc21. The van der Waals surface area contributed by atoms with Gasteiger partial charge in [-0.2, -0.15) is 0 Å².